The minimum absolute atomic E-state index is 0.0223. The molecule has 1 aliphatic rings. The lowest BCUT2D eigenvalue weighted by Gasteiger charge is -2.41. The lowest BCUT2D eigenvalue weighted by Crippen LogP contribution is -2.51. The molecule has 4 atom stereocenters. The average molecular weight is 378 g/mol. The minimum atomic E-state index is -3.65. The van der Waals surface area contributed by atoms with Crippen LogP contribution >= 0.6 is 7.94 Å². The van der Waals surface area contributed by atoms with Crippen molar-refractivity contribution in [2.24, 2.45) is 0 Å². The Morgan fingerprint density at radius 1 is 1.00 bits per heavy atom. The summed E-state index contributed by atoms with van der Waals surface area (Å²) in [5.74, 6) is -1.41. The topological polar surface area (TPSA) is 80.2 Å². The van der Waals surface area contributed by atoms with Crippen molar-refractivity contribution >= 4 is 7.94 Å². The van der Waals surface area contributed by atoms with Gasteiger partial charge in [-0.15, -0.1) is 0 Å². The van der Waals surface area contributed by atoms with Crippen LogP contribution in [0.15, 0.2) is 60.7 Å². The highest BCUT2D eigenvalue weighted by molar-refractivity contribution is 7.59. The molecule has 0 aliphatic carbocycles. The molecular formula is C19H23O6P. The first kappa shape index (κ1) is 19.4. The summed E-state index contributed by atoms with van der Waals surface area (Å²) in [7, 11) is -2.39. The Morgan fingerprint density at radius 2 is 1.54 bits per heavy atom. The predicted octanol–water partition coefficient (Wildman–Crippen LogP) is 2.28. The molecule has 0 amide bonds. The standard InChI is InChI=1S/C19H23O6P/c1-22-26(21)19(20)18(24-13-16-10-6-3-7-11-16)17(14-25-26)23-12-15-8-4-2-5-9-15/h2-11,17-20H,12-14H2,1H3/t17-,18+,19+,26?/m1/s1. The maximum absolute atomic E-state index is 12.5. The normalized spacial score (nSPS) is 28.8. The molecule has 26 heavy (non-hydrogen) atoms. The molecule has 7 heteroatoms. The van der Waals surface area contributed by atoms with Crippen molar-refractivity contribution in [3.05, 3.63) is 71.8 Å². The summed E-state index contributed by atoms with van der Waals surface area (Å²) in [6, 6.07) is 19.2. The lowest BCUT2D eigenvalue weighted by atomic mass is 10.2. The van der Waals surface area contributed by atoms with E-state index in [0.29, 0.717) is 6.61 Å². The van der Waals surface area contributed by atoms with Crippen LogP contribution in [0.3, 0.4) is 0 Å². The summed E-state index contributed by atoms with van der Waals surface area (Å²) < 4.78 is 22.0. The molecule has 2 aromatic rings. The molecule has 6 nitrogen and oxygen atoms in total. The van der Waals surface area contributed by atoms with Gasteiger partial charge in [0.1, 0.15) is 12.7 Å². The third-order valence-corrected chi connectivity index (χ3v) is 6.21. The van der Waals surface area contributed by atoms with Crippen LogP contribution in [0.2, 0.25) is 0 Å². The first-order valence-electron chi connectivity index (χ1n) is 8.41. The number of ether oxygens (including phenoxy) is 2. The zero-order valence-electron chi connectivity index (χ0n) is 14.6. The number of hydrogen-bond donors (Lipinski definition) is 1. The lowest BCUT2D eigenvalue weighted by molar-refractivity contribution is -0.253. The zero-order valence-corrected chi connectivity index (χ0v) is 15.5. The maximum atomic E-state index is 12.5. The van der Waals surface area contributed by atoms with E-state index < -0.39 is 26.0 Å². The van der Waals surface area contributed by atoms with Gasteiger partial charge in [0.25, 0.3) is 7.94 Å². The van der Waals surface area contributed by atoms with Crippen LogP contribution in [0.5, 0.6) is 0 Å². The third-order valence-electron chi connectivity index (χ3n) is 4.25. The molecule has 1 saturated heterocycles. The number of aliphatic hydroxyl groups is 1. The minimum Gasteiger partial charge on any atom is -0.629 e. The van der Waals surface area contributed by atoms with Crippen molar-refractivity contribution in [3.63, 3.8) is 0 Å². The van der Waals surface area contributed by atoms with E-state index in [1.165, 1.54) is 7.11 Å². The van der Waals surface area contributed by atoms with E-state index in [2.05, 4.69) is 0 Å². The van der Waals surface area contributed by atoms with Crippen LogP contribution in [0.25, 0.3) is 0 Å². The van der Waals surface area contributed by atoms with E-state index in [1.807, 2.05) is 60.7 Å². The molecule has 0 radical (unpaired) electrons. The number of aliphatic hydroxyl groups excluding tert-OH is 1. The van der Waals surface area contributed by atoms with Gasteiger partial charge in [-0.2, -0.15) is 0 Å². The molecule has 3 rings (SSSR count). The highest BCUT2D eigenvalue weighted by Gasteiger charge is 2.53. The van der Waals surface area contributed by atoms with Crippen LogP contribution in [-0.4, -0.2) is 36.9 Å². The highest BCUT2D eigenvalue weighted by atomic mass is 31.2. The van der Waals surface area contributed by atoms with E-state index in [0.717, 1.165) is 11.1 Å². The molecule has 0 bridgehead atoms. The monoisotopic (exact) mass is 378 g/mol. The Morgan fingerprint density at radius 3 is 2.08 bits per heavy atom. The fraction of sp³-hybridized carbons (Fsp3) is 0.368. The Balaban J connectivity index is 1.68. The summed E-state index contributed by atoms with van der Waals surface area (Å²) in [4.78, 5) is 12.5. The number of rotatable bonds is 7. The predicted molar refractivity (Wildman–Crippen MR) is 95.9 cm³/mol. The van der Waals surface area contributed by atoms with Gasteiger partial charge in [-0.25, -0.2) is 9.05 Å². The first-order chi connectivity index (χ1) is 12.6. The molecule has 1 aliphatic heterocycles. The molecule has 0 aromatic heterocycles. The first-order valence-corrected chi connectivity index (χ1v) is 10.0. The second kappa shape index (κ2) is 9.02. The smallest absolute Gasteiger partial charge is 0.269 e. The Kier molecular flexibility index (Phi) is 6.73. The van der Waals surface area contributed by atoms with Crippen molar-refractivity contribution in [2.45, 2.75) is 31.3 Å². The molecule has 0 saturated carbocycles. The van der Waals surface area contributed by atoms with Crippen molar-refractivity contribution in [1.82, 2.24) is 0 Å². The Bertz CT molecular complexity index is 670. The van der Waals surface area contributed by atoms with Gasteiger partial charge in [-0.1, -0.05) is 60.7 Å². The molecular weight excluding hydrogens is 355 g/mol. The highest BCUT2D eigenvalue weighted by Crippen LogP contribution is 2.59. The molecule has 1 fully saturated rings. The molecule has 140 valence electrons. The molecule has 0 spiro atoms. The van der Waals surface area contributed by atoms with Gasteiger partial charge in [0.15, 0.2) is 6.10 Å². The summed E-state index contributed by atoms with van der Waals surface area (Å²) >= 11 is 0. The van der Waals surface area contributed by atoms with Crippen molar-refractivity contribution in [3.8, 4) is 0 Å². The van der Waals surface area contributed by atoms with E-state index in [4.69, 9.17) is 18.5 Å². The van der Waals surface area contributed by atoms with Gasteiger partial charge in [0.2, 0.25) is 5.85 Å². The summed E-state index contributed by atoms with van der Waals surface area (Å²) in [6.07, 6.45) is -1.38. The van der Waals surface area contributed by atoms with Crippen molar-refractivity contribution in [1.29, 1.82) is 0 Å². The van der Waals surface area contributed by atoms with E-state index >= 15 is 0 Å². The van der Waals surface area contributed by atoms with Gasteiger partial charge < -0.3 is 19.5 Å². The summed E-state index contributed by atoms with van der Waals surface area (Å²) in [6.45, 7) is 0.621. The molecule has 1 N–H and O–H groups in total. The van der Waals surface area contributed by atoms with Crippen LogP contribution in [0.4, 0.5) is 0 Å². The Labute approximate surface area is 153 Å². The third kappa shape index (κ3) is 4.67. The van der Waals surface area contributed by atoms with Gasteiger partial charge in [-0.3, -0.25) is 0 Å². The van der Waals surface area contributed by atoms with Gasteiger partial charge in [0, 0.05) is 0 Å². The maximum Gasteiger partial charge on any atom is 0.269 e. The van der Waals surface area contributed by atoms with Gasteiger partial charge in [0.05, 0.1) is 20.3 Å². The van der Waals surface area contributed by atoms with Crippen molar-refractivity contribution in [2.75, 3.05) is 13.7 Å². The van der Waals surface area contributed by atoms with Crippen LogP contribution < -0.4 is 4.89 Å². The average Bonchev–Trinajstić information content (AvgIpc) is 2.70. The zero-order chi connectivity index (χ0) is 18.4. The van der Waals surface area contributed by atoms with E-state index in [9.17, 15) is 10.00 Å². The van der Waals surface area contributed by atoms with E-state index in [1.54, 1.807) is 0 Å². The van der Waals surface area contributed by atoms with Crippen LogP contribution in [0.1, 0.15) is 11.1 Å². The van der Waals surface area contributed by atoms with Crippen LogP contribution in [-0.2, 0) is 31.7 Å². The Hall–Kier alpha value is -1.37. The largest absolute Gasteiger partial charge is 0.629 e. The van der Waals surface area contributed by atoms with Gasteiger partial charge >= 0.3 is 0 Å². The fourth-order valence-corrected chi connectivity index (χ4v) is 4.23. The second-order valence-corrected chi connectivity index (χ2v) is 8.26. The van der Waals surface area contributed by atoms with Crippen molar-refractivity contribution < 1.29 is 28.5 Å². The quantitative estimate of drug-likeness (QED) is 0.745. The fourth-order valence-electron chi connectivity index (χ4n) is 2.76. The second-order valence-electron chi connectivity index (χ2n) is 6.03. The molecule has 1 unspecified atom stereocenters. The summed E-state index contributed by atoms with van der Waals surface area (Å²) in [5.41, 5.74) is 1.93. The van der Waals surface area contributed by atoms with Crippen LogP contribution in [0, 0.1) is 0 Å². The molecule has 2 aromatic carbocycles. The number of benzene rings is 2. The van der Waals surface area contributed by atoms with Gasteiger partial charge in [-0.05, 0) is 11.1 Å². The van der Waals surface area contributed by atoms with E-state index in [-0.39, 0.29) is 13.2 Å². The molecule has 1 heterocycles. The summed E-state index contributed by atoms with van der Waals surface area (Å²) in [5, 5.41) is 10.5. The number of hydrogen-bond acceptors (Lipinski definition) is 6. The SMILES string of the molecule is CO[P+]1([O-])OC[C@@H](OCc2ccccc2)[C@H](OCc2ccccc2)[C@H]1O.